The third-order valence-corrected chi connectivity index (χ3v) is 2.69. The molecule has 0 saturated carbocycles. The molecular weight excluding hydrogens is 278 g/mol. The van der Waals surface area contributed by atoms with Crippen LogP contribution >= 0.6 is 12.4 Å². The minimum atomic E-state index is 0. The number of rotatable bonds is 6. The predicted octanol–water partition coefficient (Wildman–Crippen LogP) is 1.04. The number of carbonyl (C=O) groups is 1. The van der Waals surface area contributed by atoms with Crippen LogP contribution in [0.1, 0.15) is 18.4 Å². The molecule has 0 aliphatic heterocycles. The lowest BCUT2D eigenvalue weighted by Crippen LogP contribution is -2.23. The average Bonchev–Trinajstić information content (AvgIpc) is 2.97. The van der Waals surface area contributed by atoms with E-state index < -0.39 is 0 Å². The van der Waals surface area contributed by atoms with Crippen molar-refractivity contribution in [2.45, 2.75) is 19.4 Å². The Kier molecular flexibility index (Phi) is 6.69. The van der Waals surface area contributed by atoms with Crippen molar-refractivity contribution < 1.29 is 4.79 Å². The van der Waals surface area contributed by atoms with Crippen LogP contribution in [0.25, 0.3) is 5.69 Å². The Bertz CT molecular complexity index is 529. The summed E-state index contributed by atoms with van der Waals surface area (Å²) < 4.78 is 1.68. The summed E-state index contributed by atoms with van der Waals surface area (Å²) in [6.07, 6.45) is 4.31. The van der Waals surface area contributed by atoms with Crippen LogP contribution in [0.3, 0.4) is 0 Å². The van der Waals surface area contributed by atoms with Gasteiger partial charge in [0.25, 0.3) is 0 Å². The Balaban J connectivity index is 0.00000200. The van der Waals surface area contributed by atoms with Gasteiger partial charge in [-0.3, -0.25) is 4.79 Å². The largest absolute Gasteiger partial charge is 0.352 e. The van der Waals surface area contributed by atoms with Gasteiger partial charge in [0, 0.05) is 13.0 Å². The van der Waals surface area contributed by atoms with E-state index >= 15 is 0 Å². The fraction of sp³-hybridized carbons (Fsp3) is 0.308. The topological polar surface area (TPSA) is 85.8 Å². The van der Waals surface area contributed by atoms with E-state index in [1.807, 2.05) is 24.3 Å². The second-order valence-corrected chi connectivity index (χ2v) is 4.18. The van der Waals surface area contributed by atoms with Crippen LogP contribution in [0.2, 0.25) is 0 Å². The highest BCUT2D eigenvalue weighted by Gasteiger charge is 2.02. The summed E-state index contributed by atoms with van der Waals surface area (Å²) in [5.74, 6) is 0.0246. The van der Waals surface area contributed by atoms with Gasteiger partial charge in [0.05, 0.1) is 5.69 Å². The minimum absolute atomic E-state index is 0. The maximum absolute atomic E-state index is 11.5. The normalized spacial score (nSPS) is 9.85. The summed E-state index contributed by atoms with van der Waals surface area (Å²) in [5.41, 5.74) is 7.31. The molecule has 6 nitrogen and oxygen atoms in total. The van der Waals surface area contributed by atoms with Gasteiger partial charge >= 0.3 is 0 Å². The molecule has 0 saturated heterocycles. The lowest BCUT2D eigenvalue weighted by Gasteiger charge is -2.07. The Morgan fingerprint density at radius 2 is 2.25 bits per heavy atom. The van der Waals surface area contributed by atoms with Crippen molar-refractivity contribution in [2.24, 2.45) is 5.73 Å². The van der Waals surface area contributed by atoms with Crippen LogP contribution in [0, 0.1) is 0 Å². The summed E-state index contributed by atoms with van der Waals surface area (Å²) in [6.45, 7) is 1.04. The van der Waals surface area contributed by atoms with E-state index in [9.17, 15) is 4.79 Å². The number of carbonyl (C=O) groups excluding carboxylic acids is 1. The average molecular weight is 296 g/mol. The van der Waals surface area contributed by atoms with Gasteiger partial charge < -0.3 is 11.1 Å². The van der Waals surface area contributed by atoms with Gasteiger partial charge in [-0.1, -0.05) is 12.1 Å². The maximum Gasteiger partial charge on any atom is 0.220 e. The molecule has 3 N–H and O–H groups in total. The maximum atomic E-state index is 11.5. The molecule has 0 atom stereocenters. The molecular formula is C13H18ClN5O. The van der Waals surface area contributed by atoms with Crippen LogP contribution in [-0.4, -0.2) is 27.2 Å². The third kappa shape index (κ3) is 4.64. The van der Waals surface area contributed by atoms with E-state index in [0.717, 1.165) is 11.3 Å². The van der Waals surface area contributed by atoms with Gasteiger partial charge in [0.15, 0.2) is 0 Å². The van der Waals surface area contributed by atoms with E-state index in [1.54, 1.807) is 11.0 Å². The zero-order valence-electron chi connectivity index (χ0n) is 11.0. The molecule has 7 heteroatoms. The van der Waals surface area contributed by atoms with E-state index in [1.165, 1.54) is 6.33 Å². The SMILES string of the molecule is Cl.NCCCC(=O)NCc1cccc(-n2cncn2)c1. The highest BCUT2D eigenvalue weighted by atomic mass is 35.5. The molecule has 0 aliphatic carbocycles. The van der Waals surface area contributed by atoms with Crippen LogP contribution in [0.5, 0.6) is 0 Å². The molecule has 1 aromatic carbocycles. The first kappa shape index (κ1) is 16.1. The highest BCUT2D eigenvalue weighted by molar-refractivity contribution is 5.85. The third-order valence-electron chi connectivity index (χ3n) is 2.69. The van der Waals surface area contributed by atoms with Crippen molar-refractivity contribution in [3.8, 4) is 5.69 Å². The van der Waals surface area contributed by atoms with Crippen molar-refractivity contribution in [1.82, 2.24) is 20.1 Å². The van der Waals surface area contributed by atoms with E-state index in [4.69, 9.17) is 5.73 Å². The molecule has 2 rings (SSSR count). The Labute approximate surface area is 123 Å². The van der Waals surface area contributed by atoms with Gasteiger partial charge in [-0.15, -0.1) is 12.4 Å². The second kappa shape index (κ2) is 8.29. The molecule has 2 aromatic rings. The fourth-order valence-corrected chi connectivity index (χ4v) is 1.70. The first-order chi connectivity index (χ1) is 9.29. The van der Waals surface area contributed by atoms with Crippen LogP contribution in [0.4, 0.5) is 0 Å². The quantitative estimate of drug-likeness (QED) is 0.834. The number of benzene rings is 1. The van der Waals surface area contributed by atoms with Gasteiger partial charge in [0.2, 0.25) is 5.91 Å². The number of halogens is 1. The zero-order chi connectivity index (χ0) is 13.5. The standard InChI is InChI=1S/C13H17N5O.ClH/c14-6-2-5-13(19)16-8-11-3-1-4-12(7-11)18-10-15-9-17-18;/h1,3-4,7,9-10H,2,5-6,8,14H2,(H,16,19);1H. The van der Waals surface area contributed by atoms with Gasteiger partial charge in [-0.05, 0) is 30.7 Å². The summed E-state index contributed by atoms with van der Waals surface area (Å²) >= 11 is 0. The predicted molar refractivity (Wildman–Crippen MR) is 78.7 cm³/mol. The Morgan fingerprint density at radius 1 is 1.40 bits per heavy atom. The monoisotopic (exact) mass is 295 g/mol. The summed E-state index contributed by atoms with van der Waals surface area (Å²) in [6, 6.07) is 7.80. The van der Waals surface area contributed by atoms with Gasteiger partial charge in [-0.25, -0.2) is 9.67 Å². The molecule has 108 valence electrons. The van der Waals surface area contributed by atoms with E-state index in [2.05, 4.69) is 15.4 Å². The number of amides is 1. The van der Waals surface area contributed by atoms with Crippen molar-refractivity contribution in [3.63, 3.8) is 0 Å². The van der Waals surface area contributed by atoms with Crippen LogP contribution in [0.15, 0.2) is 36.9 Å². The Hall–Kier alpha value is -1.92. The molecule has 0 spiro atoms. The number of aromatic nitrogens is 3. The van der Waals surface area contributed by atoms with Crippen molar-refractivity contribution in [3.05, 3.63) is 42.5 Å². The van der Waals surface area contributed by atoms with Crippen molar-refractivity contribution in [1.29, 1.82) is 0 Å². The fourth-order valence-electron chi connectivity index (χ4n) is 1.70. The molecule has 20 heavy (non-hydrogen) atoms. The number of hydrogen-bond donors (Lipinski definition) is 2. The molecule has 0 unspecified atom stereocenters. The smallest absolute Gasteiger partial charge is 0.220 e. The summed E-state index contributed by atoms with van der Waals surface area (Å²) in [7, 11) is 0. The lowest BCUT2D eigenvalue weighted by atomic mass is 10.2. The molecule has 0 bridgehead atoms. The second-order valence-electron chi connectivity index (χ2n) is 4.18. The lowest BCUT2D eigenvalue weighted by molar-refractivity contribution is -0.121. The molecule has 0 fully saturated rings. The minimum Gasteiger partial charge on any atom is -0.352 e. The van der Waals surface area contributed by atoms with Crippen LogP contribution in [-0.2, 0) is 11.3 Å². The molecule has 0 aliphatic rings. The van der Waals surface area contributed by atoms with Crippen molar-refractivity contribution in [2.75, 3.05) is 6.54 Å². The van der Waals surface area contributed by atoms with E-state index in [0.29, 0.717) is 25.9 Å². The molecule has 1 aromatic heterocycles. The summed E-state index contributed by atoms with van der Waals surface area (Å²) in [5, 5.41) is 6.93. The number of nitrogens with two attached hydrogens (primary N) is 1. The Morgan fingerprint density at radius 3 is 2.95 bits per heavy atom. The highest BCUT2D eigenvalue weighted by Crippen LogP contribution is 2.08. The van der Waals surface area contributed by atoms with Crippen LogP contribution < -0.4 is 11.1 Å². The number of hydrogen-bond acceptors (Lipinski definition) is 4. The number of nitrogens with one attached hydrogen (secondary N) is 1. The molecule has 1 heterocycles. The summed E-state index contributed by atoms with van der Waals surface area (Å²) in [4.78, 5) is 15.4. The number of nitrogens with zero attached hydrogens (tertiary/aromatic N) is 3. The van der Waals surface area contributed by atoms with Crippen molar-refractivity contribution >= 4 is 18.3 Å². The van der Waals surface area contributed by atoms with Gasteiger partial charge in [-0.2, -0.15) is 5.10 Å². The first-order valence-electron chi connectivity index (χ1n) is 6.20. The molecule has 0 radical (unpaired) electrons. The van der Waals surface area contributed by atoms with Gasteiger partial charge in [0.1, 0.15) is 12.7 Å². The molecule has 1 amide bonds. The van der Waals surface area contributed by atoms with E-state index in [-0.39, 0.29) is 18.3 Å². The zero-order valence-corrected chi connectivity index (χ0v) is 11.8. The first-order valence-corrected chi connectivity index (χ1v) is 6.20.